The molecule has 0 spiro atoms. The van der Waals surface area contributed by atoms with E-state index in [1.54, 1.807) is 0 Å². The summed E-state index contributed by atoms with van der Waals surface area (Å²) in [5.41, 5.74) is 1.12. The molecule has 0 aliphatic carbocycles. The minimum Gasteiger partial charge on any atom is -0.493 e. The molecule has 1 heterocycles. The third-order valence-electron chi connectivity index (χ3n) is 3.25. The average molecular weight is 259 g/mol. The van der Waals surface area contributed by atoms with Gasteiger partial charge < -0.3 is 15.4 Å². The van der Waals surface area contributed by atoms with Crippen molar-refractivity contribution in [2.24, 2.45) is 0 Å². The number of hydrogen-bond acceptors (Lipinski definition) is 4. The van der Waals surface area contributed by atoms with Gasteiger partial charge in [0.15, 0.2) is 0 Å². The Morgan fingerprint density at radius 3 is 3.00 bits per heavy atom. The number of unbranched alkanes of at least 4 members (excludes halogenated alkanes) is 1. The Morgan fingerprint density at radius 2 is 2.21 bits per heavy atom. The van der Waals surface area contributed by atoms with Gasteiger partial charge in [0.1, 0.15) is 5.75 Å². The van der Waals surface area contributed by atoms with E-state index >= 15 is 0 Å². The Balaban J connectivity index is 1.82. The molecule has 1 aromatic carbocycles. The second kappa shape index (κ2) is 7.65. The van der Waals surface area contributed by atoms with Crippen molar-refractivity contribution in [3.8, 4) is 11.8 Å². The summed E-state index contributed by atoms with van der Waals surface area (Å²) in [6.45, 7) is 2.77. The highest BCUT2D eigenvalue weighted by Gasteiger charge is 2.12. The van der Waals surface area contributed by atoms with Gasteiger partial charge >= 0.3 is 0 Å². The summed E-state index contributed by atoms with van der Waals surface area (Å²) in [7, 11) is 0. The Labute approximate surface area is 114 Å². The number of nitrogens with one attached hydrogen (secondary N) is 2. The number of ether oxygens (including phenoxy) is 1. The maximum absolute atomic E-state index is 8.47. The highest BCUT2D eigenvalue weighted by Crippen LogP contribution is 2.20. The predicted octanol–water partition coefficient (Wildman–Crippen LogP) is 2.53. The first-order valence-corrected chi connectivity index (χ1v) is 6.95. The molecule has 102 valence electrons. The number of nitriles is 1. The van der Waals surface area contributed by atoms with Crippen LogP contribution in [0, 0.1) is 11.3 Å². The molecule has 1 aromatic rings. The van der Waals surface area contributed by atoms with Crippen LogP contribution in [0.3, 0.4) is 0 Å². The average Bonchev–Trinajstić information content (AvgIpc) is 2.45. The van der Waals surface area contributed by atoms with Crippen molar-refractivity contribution < 1.29 is 4.74 Å². The standard InChI is InChI=1S/C15H21N3O/c16-8-1-2-11-19-15-5-3-4-14(12-15)18-13-6-9-17-10-7-13/h3-5,12-13,17-18H,1-2,6-7,9-11H2. The SMILES string of the molecule is N#CCCCOc1cccc(NC2CCNCC2)c1. The topological polar surface area (TPSA) is 57.1 Å². The molecule has 1 aliphatic heterocycles. The van der Waals surface area contributed by atoms with E-state index in [2.05, 4.69) is 22.8 Å². The van der Waals surface area contributed by atoms with Crippen LogP contribution in [0.5, 0.6) is 5.75 Å². The molecular formula is C15H21N3O. The second-order valence-corrected chi connectivity index (χ2v) is 4.81. The first-order chi connectivity index (χ1) is 9.38. The number of rotatable bonds is 6. The van der Waals surface area contributed by atoms with Crippen molar-refractivity contribution >= 4 is 5.69 Å². The summed E-state index contributed by atoms with van der Waals surface area (Å²) in [5.74, 6) is 0.872. The van der Waals surface area contributed by atoms with E-state index in [4.69, 9.17) is 10.00 Å². The molecule has 0 atom stereocenters. The minimum atomic E-state index is 0.549. The van der Waals surface area contributed by atoms with Crippen LogP contribution in [0.2, 0.25) is 0 Å². The van der Waals surface area contributed by atoms with Gasteiger partial charge in [-0.1, -0.05) is 6.07 Å². The maximum atomic E-state index is 8.47. The molecule has 2 rings (SSSR count). The fraction of sp³-hybridized carbons (Fsp3) is 0.533. The van der Waals surface area contributed by atoms with Crippen molar-refractivity contribution in [1.82, 2.24) is 5.32 Å². The molecule has 0 saturated carbocycles. The van der Waals surface area contributed by atoms with Crippen LogP contribution in [-0.4, -0.2) is 25.7 Å². The van der Waals surface area contributed by atoms with Crippen LogP contribution in [-0.2, 0) is 0 Å². The fourth-order valence-corrected chi connectivity index (χ4v) is 2.22. The van der Waals surface area contributed by atoms with Crippen LogP contribution < -0.4 is 15.4 Å². The van der Waals surface area contributed by atoms with Crippen LogP contribution in [0.15, 0.2) is 24.3 Å². The molecule has 1 aliphatic rings. The van der Waals surface area contributed by atoms with Crippen LogP contribution in [0.4, 0.5) is 5.69 Å². The Hall–Kier alpha value is -1.73. The maximum Gasteiger partial charge on any atom is 0.121 e. The molecule has 0 radical (unpaired) electrons. The Bertz CT molecular complexity index is 422. The first kappa shape index (κ1) is 13.7. The monoisotopic (exact) mass is 259 g/mol. The molecule has 4 nitrogen and oxygen atoms in total. The van der Waals surface area contributed by atoms with Gasteiger partial charge in [-0.2, -0.15) is 5.26 Å². The number of benzene rings is 1. The lowest BCUT2D eigenvalue weighted by molar-refractivity contribution is 0.313. The molecule has 4 heteroatoms. The summed E-state index contributed by atoms with van der Waals surface area (Å²) in [6.07, 6.45) is 3.65. The molecule has 19 heavy (non-hydrogen) atoms. The lowest BCUT2D eigenvalue weighted by atomic mass is 10.1. The van der Waals surface area contributed by atoms with Gasteiger partial charge in [-0.25, -0.2) is 0 Å². The molecule has 1 fully saturated rings. The molecule has 0 bridgehead atoms. The number of nitrogens with zero attached hydrogens (tertiary/aromatic N) is 1. The number of hydrogen-bond donors (Lipinski definition) is 2. The van der Waals surface area contributed by atoms with E-state index < -0.39 is 0 Å². The zero-order valence-electron chi connectivity index (χ0n) is 11.2. The highest BCUT2D eigenvalue weighted by atomic mass is 16.5. The minimum absolute atomic E-state index is 0.549. The summed E-state index contributed by atoms with van der Waals surface area (Å²) in [5, 5.41) is 15.4. The smallest absolute Gasteiger partial charge is 0.121 e. The van der Waals surface area contributed by atoms with Crippen LogP contribution >= 0.6 is 0 Å². The quantitative estimate of drug-likeness (QED) is 0.771. The van der Waals surface area contributed by atoms with E-state index in [0.717, 1.165) is 43.8 Å². The van der Waals surface area contributed by atoms with Crippen LogP contribution in [0.25, 0.3) is 0 Å². The lowest BCUT2D eigenvalue weighted by Gasteiger charge is -2.24. The summed E-state index contributed by atoms with van der Waals surface area (Å²) < 4.78 is 5.63. The van der Waals surface area contributed by atoms with Gasteiger partial charge in [0, 0.05) is 24.2 Å². The summed E-state index contributed by atoms with van der Waals surface area (Å²) in [4.78, 5) is 0. The van der Waals surface area contributed by atoms with Crippen LogP contribution in [0.1, 0.15) is 25.7 Å². The predicted molar refractivity (Wildman–Crippen MR) is 76.3 cm³/mol. The van der Waals surface area contributed by atoms with Crippen molar-refractivity contribution in [3.05, 3.63) is 24.3 Å². The van der Waals surface area contributed by atoms with Gasteiger partial charge in [-0.15, -0.1) is 0 Å². The number of anilines is 1. The van der Waals surface area contributed by atoms with Gasteiger partial charge in [-0.05, 0) is 44.5 Å². The number of piperidine rings is 1. The lowest BCUT2D eigenvalue weighted by Crippen LogP contribution is -2.35. The molecule has 0 unspecified atom stereocenters. The van der Waals surface area contributed by atoms with Crippen molar-refractivity contribution in [1.29, 1.82) is 5.26 Å². The molecule has 0 amide bonds. The second-order valence-electron chi connectivity index (χ2n) is 4.81. The van der Waals surface area contributed by atoms with Gasteiger partial charge in [0.05, 0.1) is 12.7 Å². The molecule has 0 aromatic heterocycles. The Kier molecular flexibility index (Phi) is 5.51. The normalized spacial score (nSPS) is 15.7. The summed E-state index contributed by atoms with van der Waals surface area (Å²) >= 11 is 0. The zero-order valence-corrected chi connectivity index (χ0v) is 11.2. The van der Waals surface area contributed by atoms with Gasteiger partial charge in [0.2, 0.25) is 0 Å². The van der Waals surface area contributed by atoms with Crippen molar-refractivity contribution in [2.75, 3.05) is 25.0 Å². The highest BCUT2D eigenvalue weighted by molar-refractivity contribution is 5.48. The Morgan fingerprint density at radius 1 is 1.37 bits per heavy atom. The van der Waals surface area contributed by atoms with E-state index in [9.17, 15) is 0 Å². The first-order valence-electron chi connectivity index (χ1n) is 6.95. The van der Waals surface area contributed by atoms with E-state index in [1.807, 2.05) is 18.2 Å². The molecule has 1 saturated heterocycles. The third kappa shape index (κ3) is 4.80. The van der Waals surface area contributed by atoms with E-state index in [0.29, 0.717) is 19.1 Å². The van der Waals surface area contributed by atoms with E-state index in [1.165, 1.54) is 0 Å². The summed E-state index contributed by atoms with van der Waals surface area (Å²) in [6, 6.07) is 10.7. The third-order valence-corrected chi connectivity index (χ3v) is 3.25. The van der Waals surface area contributed by atoms with Crippen molar-refractivity contribution in [2.45, 2.75) is 31.7 Å². The largest absolute Gasteiger partial charge is 0.493 e. The fourth-order valence-electron chi connectivity index (χ4n) is 2.22. The molecular weight excluding hydrogens is 238 g/mol. The molecule has 2 N–H and O–H groups in total. The zero-order chi connectivity index (χ0) is 13.3. The van der Waals surface area contributed by atoms with Gasteiger partial charge in [-0.3, -0.25) is 0 Å². The van der Waals surface area contributed by atoms with Gasteiger partial charge in [0.25, 0.3) is 0 Å². The van der Waals surface area contributed by atoms with Crippen molar-refractivity contribution in [3.63, 3.8) is 0 Å². The van der Waals surface area contributed by atoms with E-state index in [-0.39, 0.29) is 0 Å².